The van der Waals surface area contributed by atoms with Crippen molar-refractivity contribution in [3.8, 4) is 0 Å². The van der Waals surface area contributed by atoms with Crippen LogP contribution in [0.4, 0.5) is 0 Å². The highest BCUT2D eigenvalue weighted by molar-refractivity contribution is 5.79. The first kappa shape index (κ1) is 17.7. The molecular formula is C15H26O4. The summed E-state index contributed by atoms with van der Waals surface area (Å²) in [6.45, 7) is 3.72. The normalized spacial score (nSPS) is 14.4. The van der Waals surface area contributed by atoms with E-state index < -0.39 is 23.8 Å². The lowest BCUT2D eigenvalue weighted by atomic mass is 9.86. The van der Waals surface area contributed by atoms with Crippen LogP contribution in [-0.4, -0.2) is 22.2 Å². The summed E-state index contributed by atoms with van der Waals surface area (Å²) in [4.78, 5) is 22.1. The van der Waals surface area contributed by atoms with Gasteiger partial charge in [-0.2, -0.15) is 0 Å². The predicted molar refractivity (Wildman–Crippen MR) is 75.1 cm³/mol. The molecule has 2 N–H and O–H groups in total. The molecule has 0 aromatic heterocycles. The summed E-state index contributed by atoms with van der Waals surface area (Å²) in [6, 6.07) is 0. The third-order valence-corrected chi connectivity index (χ3v) is 3.43. The molecule has 0 spiro atoms. The van der Waals surface area contributed by atoms with Crippen molar-refractivity contribution >= 4 is 11.9 Å². The van der Waals surface area contributed by atoms with Crippen LogP contribution in [0.5, 0.6) is 0 Å². The van der Waals surface area contributed by atoms with Gasteiger partial charge in [-0.1, -0.05) is 38.3 Å². The molecule has 4 nitrogen and oxygen atoms in total. The Hall–Kier alpha value is -1.32. The number of hydrogen-bond acceptors (Lipinski definition) is 2. The summed E-state index contributed by atoms with van der Waals surface area (Å²) in [6.07, 6.45) is 9.98. The van der Waals surface area contributed by atoms with Crippen LogP contribution >= 0.6 is 0 Å². The summed E-state index contributed by atoms with van der Waals surface area (Å²) in [5, 5.41) is 18.1. The molecule has 0 aromatic carbocycles. The molecule has 0 heterocycles. The van der Waals surface area contributed by atoms with Gasteiger partial charge in [-0.25, -0.2) is 0 Å². The van der Waals surface area contributed by atoms with Gasteiger partial charge >= 0.3 is 11.9 Å². The zero-order chi connectivity index (χ0) is 14.7. The van der Waals surface area contributed by atoms with Crippen LogP contribution < -0.4 is 0 Å². The highest BCUT2D eigenvalue weighted by atomic mass is 16.4. The number of allylic oxidation sites excluding steroid dienone is 2. The van der Waals surface area contributed by atoms with Crippen molar-refractivity contribution in [2.24, 2.45) is 11.8 Å². The van der Waals surface area contributed by atoms with Crippen molar-refractivity contribution in [1.29, 1.82) is 0 Å². The fraction of sp³-hybridized carbons (Fsp3) is 0.733. The fourth-order valence-electron chi connectivity index (χ4n) is 2.27. The Balaban J connectivity index is 4.02. The lowest BCUT2D eigenvalue weighted by Crippen LogP contribution is -2.29. The van der Waals surface area contributed by atoms with Crippen LogP contribution in [0.2, 0.25) is 0 Å². The molecule has 19 heavy (non-hydrogen) atoms. The number of rotatable bonds is 11. The van der Waals surface area contributed by atoms with Gasteiger partial charge in [0.1, 0.15) is 0 Å². The quantitative estimate of drug-likeness (QED) is 0.443. The van der Waals surface area contributed by atoms with Crippen molar-refractivity contribution in [2.75, 3.05) is 0 Å². The average Bonchev–Trinajstić information content (AvgIpc) is 2.35. The molecule has 0 aliphatic carbocycles. The monoisotopic (exact) mass is 270 g/mol. The van der Waals surface area contributed by atoms with E-state index in [0.717, 1.165) is 32.1 Å². The number of hydrogen-bond donors (Lipinski definition) is 2. The molecule has 0 aromatic rings. The molecule has 0 aliphatic heterocycles. The van der Waals surface area contributed by atoms with Gasteiger partial charge in [0.2, 0.25) is 0 Å². The van der Waals surface area contributed by atoms with Gasteiger partial charge in [0.25, 0.3) is 0 Å². The average molecular weight is 270 g/mol. The molecule has 0 aliphatic rings. The zero-order valence-corrected chi connectivity index (χ0v) is 12.0. The number of carboxylic acid groups (broad SMARTS) is 2. The van der Waals surface area contributed by atoms with Crippen LogP contribution in [-0.2, 0) is 9.59 Å². The fourth-order valence-corrected chi connectivity index (χ4v) is 2.27. The molecule has 0 saturated heterocycles. The Kier molecular flexibility index (Phi) is 9.85. The maximum Gasteiger partial charge on any atom is 0.307 e. The molecule has 0 bridgehead atoms. The molecule has 0 amide bonds. The number of carbonyl (C=O) groups is 2. The van der Waals surface area contributed by atoms with Crippen molar-refractivity contribution in [1.82, 2.24) is 0 Å². The minimum Gasteiger partial charge on any atom is -0.481 e. The van der Waals surface area contributed by atoms with E-state index in [9.17, 15) is 9.59 Å². The summed E-state index contributed by atoms with van der Waals surface area (Å²) in [5.41, 5.74) is 0. The van der Waals surface area contributed by atoms with E-state index in [0.29, 0.717) is 12.8 Å². The Morgan fingerprint density at radius 2 is 1.58 bits per heavy atom. The van der Waals surface area contributed by atoms with E-state index in [-0.39, 0.29) is 0 Å². The van der Waals surface area contributed by atoms with Gasteiger partial charge < -0.3 is 10.2 Å². The Morgan fingerprint density at radius 3 is 2.05 bits per heavy atom. The predicted octanol–water partition coefficient (Wildman–Crippen LogP) is 3.71. The molecule has 0 rings (SSSR count). The molecule has 0 radical (unpaired) electrons. The first-order valence-electron chi connectivity index (χ1n) is 7.11. The van der Waals surface area contributed by atoms with E-state index >= 15 is 0 Å². The second-order valence-corrected chi connectivity index (χ2v) is 4.86. The van der Waals surface area contributed by atoms with Gasteiger partial charge in [-0.05, 0) is 32.6 Å². The third kappa shape index (κ3) is 7.65. The third-order valence-electron chi connectivity index (χ3n) is 3.43. The smallest absolute Gasteiger partial charge is 0.307 e. The highest BCUT2D eigenvalue weighted by Crippen LogP contribution is 2.23. The molecule has 0 fully saturated rings. The van der Waals surface area contributed by atoms with Gasteiger partial charge in [0, 0.05) is 0 Å². The van der Waals surface area contributed by atoms with Crippen molar-refractivity contribution in [3.05, 3.63) is 12.2 Å². The summed E-state index contributed by atoms with van der Waals surface area (Å²) in [7, 11) is 0. The molecule has 0 saturated carbocycles. The van der Waals surface area contributed by atoms with E-state index in [4.69, 9.17) is 10.2 Å². The summed E-state index contributed by atoms with van der Waals surface area (Å²) >= 11 is 0. The molecule has 110 valence electrons. The van der Waals surface area contributed by atoms with Crippen molar-refractivity contribution in [2.45, 2.75) is 58.8 Å². The Bertz CT molecular complexity index is 297. The molecule has 2 atom stereocenters. The van der Waals surface area contributed by atoms with Crippen LogP contribution in [0.3, 0.4) is 0 Å². The summed E-state index contributed by atoms with van der Waals surface area (Å²) < 4.78 is 0. The van der Waals surface area contributed by atoms with Gasteiger partial charge in [0.05, 0.1) is 11.8 Å². The lowest BCUT2D eigenvalue weighted by molar-refractivity contribution is -0.154. The van der Waals surface area contributed by atoms with Crippen molar-refractivity contribution < 1.29 is 19.8 Å². The second kappa shape index (κ2) is 10.6. The van der Waals surface area contributed by atoms with E-state index in [2.05, 4.69) is 6.08 Å². The standard InChI is InChI=1S/C15H26O4/c1-3-5-6-7-8-9-10-11-13(15(18)19)12(4-2)14(16)17/h3,5,12-13H,4,6-11H2,1-2H3,(H,16,17)(H,18,19). The van der Waals surface area contributed by atoms with Gasteiger partial charge in [-0.3, -0.25) is 9.59 Å². The topological polar surface area (TPSA) is 74.6 Å². The van der Waals surface area contributed by atoms with E-state index in [1.807, 2.05) is 13.0 Å². The van der Waals surface area contributed by atoms with Gasteiger partial charge in [-0.15, -0.1) is 0 Å². The number of aliphatic carboxylic acids is 2. The van der Waals surface area contributed by atoms with Crippen molar-refractivity contribution in [3.63, 3.8) is 0 Å². The van der Waals surface area contributed by atoms with E-state index in [1.165, 1.54) is 0 Å². The molecule has 2 unspecified atom stereocenters. The van der Waals surface area contributed by atoms with Crippen LogP contribution in [0.15, 0.2) is 12.2 Å². The summed E-state index contributed by atoms with van der Waals surface area (Å²) in [5.74, 6) is -3.50. The minimum absolute atomic E-state index is 0.369. The zero-order valence-electron chi connectivity index (χ0n) is 12.0. The first-order valence-corrected chi connectivity index (χ1v) is 7.11. The van der Waals surface area contributed by atoms with Crippen LogP contribution in [0, 0.1) is 11.8 Å². The minimum atomic E-state index is -0.997. The number of carboxylic acids is 2. The maximum absolute atomic E-state index is 11.1. The molecule has 4 heteroatoms. The lowest BCUT2D eigenvalue weighted by Gasteiger charge is -2.18. The van der Waals surface area contributed by atoms with Crippen LogP contribution in [0.1, 0.15) is 58.8 Å². The maximum atomic E-state index is 11.1. The molecular weight excluding hydrogens is 244 g/mol. The first-order chi connectivity index (χ1) is 9.04. The van der Waals surface area contributed by atoms with E-state index in [1.54, 1.807) is 6.92 Å². The number of unbranched alkanes of at least 4 members (excludes halogenated alkanes) is 4. The van der Waals surface area contributed by atoms with Gasteiger partial charge in [0.15, 0.2) is 0 Å². The van der Waals surface area contributed by atoms with Crippen LogP contribution in [0.25, 0.3) is 0 Å². The largest absolute Gasteiger partial charge is 0.481 e. The highest BCUT2D eigenvalue weighted by Gasteiger charge is 2.31. The second-order valence-electron chi connectivity index (χ2n) is 4.86. The Morgan fingerprint density at radius 1 is 1.00 bits per heavy atom. The SMILES string of the molecule is CC=CCCCCCCC(C(=O)O)C(CC)C(=O)O. The Labute approximate surface area is 115 Å².